The molecule has 0 radical (unpaired) electrons. The lowest BCUT2D eigenvalue weighted by Crippen LogP contribution is -2.53. The van der Waals surface area contributed by atoms with E-state index in [2.05, 4.69) is 48.2 Å². The topological polar surface area (TPSA) is 69.1 Å². The molecule has 0 bridgehead atoms. The summed E-state index contributed by atoms with van der Waals surface area (Å²) in [4.78, 5) is 7.13. The molecule has 1 heterocycles. The van der Waals surface area contributed by atoms with Crippen LogP contribution in [-0.2, 0) is 4.74 Å². The molecule has 6 nitrogen and oxygen atoms in total. The zero-order valence-electron chi connectivity index (χ0n) is 17.4. The quantitative estimate of drug-likeness (QED) is 0.249. The molecule has 0 aromatic rings. The molecule has 0 spiro atoms. The predicted octanol–water partition coefficient (Wildman–Crippen LogP) is 2.16. The standard InChI is InChI=1S/C19H38N4O2S.HI/c1-5-20-18(22-14-19(24)8-7-17(19)26-6-2)21-11-16-13-23(9-10-25-16)12-15(3)4;/h15-17,24H,5-14H2,1-4H3,(H2,20,21,22);1H. The minimum atomic E-state index is -0.640. The van der Waals surface area contributed by atoms with E-state index < -0.39 is 5.60 Å². The first kappa shape index (κ1) is 25.3. The van der Waals surface area contributed by atoms with E-state index in [-0.39, 0.29) is 30.1 Å². The first-order valence-corrected chi connectivity index (χ1v) is 11.2. The van der Waals surface area contributed by atoms with Crippen LogP contribution in [0.4, 0.5) is 0 Å². The maximum Gasteiger partial charge on any atom is 0.191 e. The summed E-state index contributed by atoms with van der Waals surface area (Å²) in [6, 6.07) is 0. The van der Waals surface area contributed by atoms with E-state index in [9.17, 15) is 5.11 Å². The first-order chi connectivity index (χ1) is 12.5. The highest BCUT2D eigenvalue weighted by Gasteiger charge is 2.45. The molecule has 0 amide bonds. The molecule has 0 aromatic heterocycles. The van der Waals surface area contributed by atoms with Crippen molar-refractivity contribution in [2.24, 2.45) is 10.9 Å². The van der Waals surface area contributed by atoms with Gasteiger partial charge in [-0.05, 0) is 31.4 Å². The van der Waals surface area contributed by atoms with Gasteiger partial charge in [0.15, 0.2) is 5.96 Å². The number of halogens is 1. The van der Waals surface area contributed by atoms with Crippen molar-refractivity contribution in [3.63, 3.8) is 0 Å². The van der Waals surface area contributed by atoms with E-state index in [1.54, 1.807) is 0 Å². The number of thioether (sulfide) groups is 1. The zero-order valence-corrected chi connectivity index (χ0v) is 20.5. The average molecular weight is 515 g/mol. The number of nitrogens with zero attached hydrogens (tertiary/aromatic N) is 2. The zero-order chi connectivity index (χ0) is 19.0. The summed E-state index contributed by atoms with van der Waals surface area (Å²) in [5.41, 5.74) is -0.640. The number of hydrogen-bond donors (Lipinski definition) is 3. The van der Waals surface area contributed by atoms with Gasteiger partial charge in [-0.1, -0.05) is 20.8 Å². The number of aliphatic hydroxyl groups is 1. The van der Waals surface area contributed by atoms with Crippen LogP contribution in [-0.4, -0.2) is 84.5 Å². The van der Waals surface area contributed by atoms with E-state index in [1.807, 2.05) is 11.8 Å². The molecule has 2 aliphatic rings. The fraction of sp³-hybridized carbons (Fsp3) is 0.947. The third-order valence-electron chi connectivity index (χ3n) is 5.01. The average Bonchev–Trinajstić information content (AvgIpc) is 2.60. The summed E-state index contributed by atoms with van der Waals surface area (Å²) < 4.78 is 5.91. The smallest absolute Gasteiger partial charge is 0.191 e. The van der Waals surface area contributed by atoms with Crippen molar-refractivity contribution in [3.8, 4) is 0 Å². The van der Waals surface area contributed by atoms with Gasteiger partial charge in [0, 0.05) is 38.0 Å². The molecule has 0 aromatic carbocycles. The van der Waals surface area contributed by atoms with Gasteiger partial charge in [-0.25, -0.2) is 0 Å². The molecule has 1 aliphatic heterocycles. The van der Waals surface area contributed by atoms with Gasteiger partial charge >= 0.3 is 0 Å². The van der Waals surface area contributed by atoms with Crippen LogP contribution in [0.2, 0.25) is 0 Å². The van der Waals surface area contributed by atoms with Crippen LogP contribution >= 0.6 is 35.7 Å². The Morgan fingerprint density at radius 1 is 1.37 bits per heavy atom. The summed E-state index contributed by atoms with van der Waals surface area (Å²) in [5.74, 6) is 2.50. The van der Waals surface area contributed by atoms with Crippen molar-refractivity contribution in [2.45, 2.75) is 57.5 Å². The molecule has 1 aliphatic carbocycles. The van der Waals surface area contributed by atoms with Crippen molar-refractivity contribution in [1.29, 1.82) is 0 Å². The van der Waals surface area contributed by atoms with Gasteiger partial charge in [0.05, 0.1) is 24.9 Å². The number of nitrogens with one attached hydrogen (secondary N) is 2. The molecule has 1 saturated heterocycles. The molecule has 3 unspecified atom stereocenters. The maximum atomic E-state index is 10.7. The number of hydrogen-bond acceptors (Lipinski definition) is 5. The third-order valence-corrected chi connectivity index (χ3v) is 6.42. The number of morpholine rings is 1. The normalized spacial score (nSPS) is 29.2. The molecular formula is C19H39IN4O2S. The summed E-state index contributed by atoms with van der Waals surface area (Å²) >= 11 is 1.85. The number of rotatable bonds is 9. The van der Waals surface area contributed by atoms with Crippen LogP contribution in [0, 0.1) is 5.92 Å². The van der Waals surface area contributed by atoms with E-state index in [4.69, 9.17) is 4.74 Å². The van der Waals surface area contributed by atoms with Crippen LogP contribution < -0.4 is 10.6 Å². The van der Waals surface area contributed by atoms with Crippen molar-refractivity contribution >= 4 is 41.7 Å². The highest BCUT2D eigenvalue weighted by molar-refractivity contribution is 14.0. The summed E-state index contributed by atoms with van der Waals surface area (Å²) in [7, 11) is 0. The van der Waals surface area contributed by atoms with Crippen molar-refractivity contribution in [2.75, 3.05) is 51.6 Å². The minimum absolute atomic E-state index is 0. The molecular weight excluding hydrogens is 475 g/mol. The molecule has 3 atom stereocenters. The molecule has 27 heavy (non-hydrogen) atoms. The molecule has 8 heteroatoms. The van der Waals surface area contributed by atoms with E-state index in [0.29, 0.717) is 17.7 Å². The van der Waals surface area contributed by atoms with Gasteiger partial charge in [-0.3, -0.25) is 9.89 Å². The highest BCUT2D eigenvalue weighted by atomic mass is 127. The molecule has 2 fully saturated rings. The molecule has 2 rings (SSSR count). The second-order valence-corrected chi connectivity index (χ2v) is 9.29. The van der Waals surface area contributed by atoms with Crippen LogP contribution in [0.25, 0.3) is 0 Å². The Balaban J connectivity index is 0.00000364. The van der Waals surface area contributed by atoms with Gasteiger partial charge < -0.3 is 20.5 Å². The number of aliphatic imine (C=N–C) groups is 1. The SMILES string of the molecule is CCNC(=NCC1(O)CCC1SCC)NCC1CN(CC(C)C)CCO1.I. The second-order valence-electron chi connectivity index (χ2n) is 7.81. The van der Waals surface area contributed by atoms with E-state index in [0.717, 1.165) is 63.9 Å². The van der Waals surface area contributed by atoms with Crippen LogP contribution in [0.1, 0.15) is 40.5 Å². The number of guanidine groups is 1. The predicted molar refractivity (Wildman–Crippen MR) is 127 cm³/mol. The Hall–Kier alpha value is 0.230. The van der Waals surface area contributed by atoms with Crippen molar-refractivity contribution in [3.05, 3.63) is 0 Å². The van der Waals surface area contributed by atoms with Gasteiger partial charge in [-0.2, -0.15) is 11.8 Å². The largest absolute Gasteiger partial charge is 0.387 e. The Kier molecular flexibility index (Phi) is 11.9. The van der Waals surface area contributed by atoms with E-state index in [1.165, 1.54) is 0 Å². The monoisotopic (exact) mass is 514 g/mol. The van der Waals surface area contributed by atoms with Crippen LogP contribution in [0.3, 0.4) is 0 Å². The Labute approximate surface area is 186 Å². The van der Waals surface area contributed by atoms with Crippen molar-refractivity contribution < 1.29 is 9.84 Å². The summed E-state index contributed by atoms with van der Waals surface area (Å²) in [6.07, 6.45) is 2.13. The van der Waals surface area contributed by atoms with Gasteiger partial charge in [0.25, 0.3) is 0 Å². The fourth-order valence-corrected chi connectivity index (χ4v) is 4.76. The van der Waals surface area contributed by atoms with E-state index >= 15 is 0 Å². The lowest BCUT2D eigenvalue weighted by atomic mass is 9.79. The second kappa shape index (κ2) is 12.7. The maximum absolute atomic E-state index is 10.7. The Morgan fingerprint density at radius 2 is 2.15 bits per heavy atom. The highest BCUT2D eigenvalue weighted by Crippen LogP contribution is 2.41. The molecule has 160 valence electrons. The molecule has 1 saturated carbocycles. The Bertz CT molecular complexity index is 455. The number of ether oxygens (including phenoxy) is 1. The first-order valence-electron chi connectivity index (χ1n) is 10.2. The van der Waals surface area contributed by atoms with Gasteiger partial charge in [0.1, 0.15) is 0 Å². The third kappa shape index (κ3) is 8.24. The minimum Gasteiger partial charge on any atom is -0.387 e. The lowest BCUT2D eigenvalue weighted by Gasteiger charge is -2.44. The van der Waals surface area contributed by atoms with Crippen LogP contribution in [0.15, 0.2) is 4.99 Å². The van der Waals surface area contributed by atoms with Gasteiger partial charge in [-0.15, -0.1) is 24.0 Å². The summed E-state index contributed by atoms with van der Waals surface area (Å²) in [5, 5.41) is 17.7. The fourth-order valence-electron chi connectivity index (χ4n) is 3.57. The Morgan fingerprint density at radius 3 is 2.74 bits per heavy atom. The van der Waals surface area contributed by atoms with Crippen LogP contribution in [0.5, 0.6) is 0 Å². The lowest BCUT2D eigenvalue weighted by molar-refractivity contribution is -0.0285. The van der Waals surface area contributed by atoms with Gasteiger partial charge in [0.2, 0.25) is 0 Å². The summed E-state index contributed by atoms with van der Waals surface area (Å²) in [6.45, 7) is 14.6. The molecule has 3 N–H and O–H groups in total. The van der Waals surface area contributed by atoms with Crippen molar-refractivity contribution in [1.82, 2.24) is 15.5 Å².